The highest BCUT2D eigenvalue weighted by Gasteiger charge is 2.31. The molecule has 1 nitrogen and oxygen atoms in total. The summed E-state index contributed by atoms with van der Waals surface area (Å²) in [5.41, 5.74) is 1.45. The Hall–Kier alpha value is -0.860. The lowest BCUT2D eigenvalue weighted by molar-refractivity contribution is 0.317. The maximum absolute atomic E-state index is 3.68. The molecule has 1 aliphatic rings. The minimum atomic E-state index is 0.463. The fourth-order valence-electron chi connectivity index (χ4n) is 3.83. The zero-order chi connectivity index (χ0) is 14.1. The van der Waals surface area contributed by atoms with E-state index in [4.69, 9.17) is 0 Å². The maximum Gasteiger partial charge on any atom is 0.0354 e. The molecule has 0 saturated heterocycles. The van der Waals surface area contributed by atoms with E-state index in [-0.39, 0.29) is 0 Å². The molecular formula is C18H22BrN. The Balaban J connectivity index is 2.10. The summed E-state index contributed by atoms with van der Waals surface area (Å²) in [4.78, 5) is 0. The molecule has 2 heteroatoms. The van der Waals surface area contributed by atoms with Crippen molar-refractivity contribution in [3.8, 4) is 0 Å². The summed E-state index contributed by atoms with van der Waals surface area (Å²) in [7, 11) is 2.10. The second-order valence-electron chi connectivity index (χ2n) is 6.02. The monoisotopic (exact) mass is 331 g/mol. The Labute approximate surface area is 129 Å². The third-order valence-electron chi connectivity index (χ3n) is 4.91. The van der Waals surface area contributed by atoms with Crippen LogP contribution in [-0.4, -0.2) is 7.05 Å². The first kappa shape index (κ1) is 14.1. The molecule has 3 rings (SSSR count). The first-order chi connectivity index (χ1) is 9.72. The molecule has 2 aromatic carbocycles. The molecule has 3 atom stereocenters. The topological polar surface area (TPSA) is 12.0 Å². The summed E-state index contributed by atoms with van der Waals surface area (Å²) in [6.45, 7) is 2.41. The summed E-state index contributed by atoms with van der Waals surface area (Å²) < 4.78 is 1.19. The Morgan fingerprint density at radius 2 is 1.85 bits per heavy atom. The van der Waals surface area contributed by atoms with E-state index in [1.54, 1.807) is 0 Å². The van der Waals surface area contributed by atoms with E-state index in [1.165, 1.54) is 40.1 Å². The molecule has 0 aliphatic heterocycles. The SMILES string of the molecule is CNC(c1ccc(Br)c2ccccc12)C1CCCC1C. The highest BCUT2D eigenvalue weighted by molar-refractivity contribution is 9.10. The van der Waals surface area contributed by atoms with Gasteiger partial charge < -0.3 is 5.32 Å². The lowest BCUT2D eigenvalue weighted by Crippen LogP contribution is -2.27. The molecule has 0 aromatic heterocycles. The van der Waals surface area contributed by atoms with Crippen molar-refractivity contribution in [2.24, 2.45) is 11.8 Å². The molecule has 0 radical (unpaired) electrons. The van der Waals surface area contributed by atoms with Gasteiger partial charge in [0.2, 0.25) is 0 Å². The van der Waals surface area contributed by atoms with Crippen LogP contribution in [0.15, 0.2) is 40.9 Å². The summed E-state index contributed by atoms with van der Waals surface area (Å²) in [5.74, 6) is 1.57. The van der Waals surface area contributed by atoms with Crippen molar-refractivity contribution >= 4 is 26.7 Å². The first-order valence-electron chi connectivity index (χ1n) is 7.56. The van der Waals surface area contributed by atoms with Gasteiger partial charge >= 0.3 is 0 Å². The van der Waals surface area contributed by atoms with Gasteiger partial charge in [-0.1, -0.05) is 66.0 Å². The molecule has 20 heavy (non-hydrogen) atoms. The van der Waals surface area contributed by atoms with Crippen LogP contribution in [0.2, 0.25) is 0 Å². The Bertz CT molecular complexity index is 607. The van der Waals surface area contributed by atoms with Crippen molar-refractivity contribution in [3.05, 3.63) is 46.4 Å². The van der Waals surface area contributed by atoms with Crippen molar-refractivity contribution < 1.29 is 0 Å². The number of rotatable bonds is 3. The fourth-order valence-corrected chi connectivity index (χ4v) is 4.30. The number of nitrogens with one attached hydrogen (secondary N) is 1. The average molecular weight is 332 g/mol. The number of hydrogen-bond donors (Lipinski definition) is 1. The molecule has 0 heterocycles. The maximum atomic E-state index is 3.68. The van der Waals surface area contributed by atoms with Crippen LogP contribution < -0.4 is 5.32 Å². The molecule has 0 amide bonds. The van der Waals surface area contributed by atoms with Crippen molar-refractivity contribution in [1.82, 2.24) is 5.32 Å². The molecule has 0 spiro atoms. The fraction of sp³-hybridized carbons (Fsp3) is 0.444. The van der Waals surface area contributed by atoms with Gasteiger partial charge in [-0.3, -0.25) is 0 Å². The lowest BCUT2D eigenvalue weighted by atomic mass is 9.84. The van der Waals surface area contributed by atoms with Gasteiger partial charge in [-0.2, -0.15) is 0 Å². The zero-order valence-electron chi connectivity index (χ0n) is 12.2. The van der Waals surface area contributed by atoms with Gasteiger partial charge in [-0.05, 0) is 47.7 Å². The lowest BCUT2D eigenvalue weighted by Gasteiger charge is -2.28. The largest absolute Gasteiger partial charge is 0.313 e. The second-order valence-corrected chi connectivity index (χ2v) is 6.87. The quantitative estimate of drug-likeness (QED) is 0.804. The van der Waals surface area contributed by atoms with Crippen LogP contribution in [0.4, 0.5) is 0 Å². The first-order valence-corrected chi connectivity index (χ1v) is 8.36. The van der Waals surface area contributed by atoms with Crippen LogP contribution in [0.25, 0.3) is 10.8 Å². The summed E-state index contributed by atoms with van der Waals surface area (Å²) >= 11 is 3.68. The number of benzene rings is 2. The van der Waals surface area contributed by atoms with Crippen molar-refractivity contribution in [1.29, 1.82) is 0 Å². The van der Waals surface area contributed by atoms with Gasteiger partial charge in [0.25, 0.3) is 0 Å². The van der Waals surface area contributed by atoms with Crippen molar-refractivity contribution in [3.63, 3.8) is 0 Å². The molecule has 106 valence electrons. The van der Waals surface area contributed by atoms with Gasteiger partial charge in [0.15, 0.2) is 0 Å². The Morgan fingerprint density at radius 3 is 2.50 bits per heavy atom. The minimum Gasteiger partial charge on any atom is -0.313 e. The van der Waals surface area contributed by atoms with Gasteiger partial charge in [-0.15, -0.1) is 0 Å². The molecule has 2 aromatic rings. The zero-order valence-corrected chi connectivity index (χ0v) is 13.8. The van der Waals surface area contributed by atoms with E-state index >= 15 is 0 Å². The van der Waals surface area contributed by atoms with Crippen LogP contribution in [-0.2, 0) is 0 Å². The van der Waals surface area contributed by atoms with Crippen molar-refractivity contribution in [2.45, 2.75) is 32.2 Å². The molecular weight excluding hydrogens is 310 g/mol. The number of halogens is 1. The predicted octanol–water partition coefficient (Wildman–Crippen LogP) is 5.30. The third kappa shape index (κ3) is 2.40. The number of hydrogen-bond acceptors (Lipinski definition) is 1. The van der Waals surface area contributed by atoms with E-state index in [1.807, 2.05) is 0 Å². The van der Waals surface area contributed by atoms with Crippen LogP contribution in [0.5, 0.6) is 0 Å². The van der Waals surface area contributed by atoms with Gasteiger partial charge in [0, 0.05) is 10.5 Å². The second kappa shape index (κ2) is 5.87. The van der Waals surface area contributed by atoms with E-state index < -0.39 is 0 Å². The minimum absolute atomic E-state index is 0.463. The summed E-state index contributed by atoms with van der Waals surface area (Å²) in [5, 5.41) is 6.28. The van der Waals surface area contributed by atoms with Crippen LogP contribution in [0.3, 0.4) is 0 Å². The summed E-state index contributed by atoms with van der Waals surface area (Å²) in [6.07, 6.45) is 4.09. The molecule has 3 unspecified atom stereocenters. The van der Waals surface area contributed by atoms with E-state index in [9.17, 15) is 0 Å². The standard InChI is InChI=1S/C18H22BrN/c1-12-6-5-9-13(12)18(20-2)16-10-11-17(19)15-8-4-3-7-14(15)16/h3-4,7-8,10-13,18,20H,5-6,9H2,1-2H3. The van der Waals surface area contributed by atoms with Crippen LogP contribution in [0.1, 0.15) is 37.8 Å². The summed E-state index contributed by atoms with van der Waals surface area (Å²) in [6, 6.07) is 13.7. The van der Waals surface area contributed by atoms with E-state index in [0.29, 0.717) is 6.04 Å². The highest BCUT2D eigenvalue weighted by Crippen LogP contribution is 2.42. The third-order valence-corrected chi connectivity index (χ3v) is 5.60. The molecule has 1 N–H and O–H groups in total. The highest BCUT2D eigenvalue weighted by atomic mass is 79.9. The van der Waals surface area contributed by atoms with Crippen LogP contribution >= 0.6 is 15.9 Å². The van der Waals surface area contributed by atoms with Gasteiger partial charge in [0.05, 0.1) is 0 Å². The van der Waals surface area contributed by atoms with Crippen molar-refractivity contribution in [2.75, 3.05) is 7.05 Å². The van der Waals surface area contributed by atoms with E-state index in [2.05, 4.69) is 71.6 Å². The molecule has 0 bridgehead atoms. The molecule has 1 saturated carbocycles. The van der Waals surface area contributed by atoms with Gasteiger partial charge in [0.1, 0.15) is 0 Å². The van der Waals surface area contributed by atoms with Crippen LogP contribution in [0, 0.1) is 11.8 Å². The van der Waals surface area contributed by atoms with Gasteiger partial charge in [-0.25, -0.2) is 0 Å². The average Bonchev–Trinajstić information content (AvgIpc) is 2.89. The number of fused-ring (bicyclic) bond motifs is 1. The Morgan fingerprint density at radius 1 is 1.10 bits per heavy atom. The smallest absolute Gasteiger partial charge is 0.0354 e. The predicted molar refractivity (Wildman–Crippen MR) is 90.0 cm³/mol. The molecule has 1 aliphatic carbocycles. The Kier molecular flexibility index (Phi) is 4.13. The molecule has 1 fully saturated rings. The normalized spacial score (nSPS) is 24.1. The van der Waals surface area contributed by atoms with E-state index in [0.717, 1.165) is 11.8 Å².